The van der Waals surface area contributed by atoms with Crippen LogP contribution in [0.4, 0.5) is 5.82 Å². The van der Waals surface area contributed by atoms with Crippen molar-refractivity contribution in [3.8, 4) is 0 Å². The van der Waals surface area contributed by atoms with Gasteiger partial charge in [-0.2, -0.15) is 0 Å². The van der Waals surface area contributed by atoms with E-state index in [1.165, 1.54) is 38.9 Å². The number of nitrogens with zero attached hydrogens (tertiary/aromatic N) is 3. The van der Waals surface area contributed by atoms with E-state index in [9.17, 15) is 0 Å². The summed E-state index contributed by atoms with van der Waals surface area (Å²) in [5, 5.41) is 3.39. The third kappa shape index (κ3) is 4.26. The molecule has 2 heterocycles. The maximum absolute atomic E-state index is 4.26. The monoisotopic (exact) mass is 248 g/mol. The fourth-order valence-corrected chi connectivity index (χ4v) is 2.41. The summed E-state index contributed by atoms with van der Waals surface area (Å²) in [4.78, 5) is 11.1. The molecule has 1 N–H and O–H groups in total. The Hall–Kier alpha value is -1.16. The Morgan fingerprint density at radius 1 is 1.28 bits per heavy atom. The molecule has 0 bridgehead atoms. The molecule has 4 heteroatoms. The zero-order valence-corrected chi connectivity index (χ0v) is 11.4. The quantitative estimate of drug-likeness (QED) is 0.752. The SMILES string of the molecule is CCCc1cc(NCCCN2CCCC2)ncn1. The highest BCUT2D eigenvalue weighted by Gasteiger charge is 2.09. The molecule has 1 aromatic rings. The molecule has 4 nitrogen and oxygen atoms in total. The molecule has 0 amide bonds. The van der Waals surface area contributed by atoms with E-state index in [0.717, 1.165) is 30.9 Å². The van der Waals surface area contributed by atoms with Gasteiger partial charge in [0.2, 0.25) is 0 Å². The average molecular weight is 248 g/mol. The van der Waals surface area contributed by atoms with E-state index < -0.39 is 0 Å². The Morgan fingerprint density at radius 2 is 2.11 bits per heavy atom. The first kappa shape index (κ1) is 13.3. The maximum atomic E-state index is 4.26. The van der Waals surface area contributed by atoms with Crippen molar-refractivity contribution < 1.29 is 0 Å². The van der Waals surface area contributed by atoms with Crippen molar-refractivity contribution in [3.05, 3.63) is 18.1 Å². The summed E-state index contributed by atoms with van der Waals surface area (Å²) in [7, 11) is 0. The molecule has 1 saturated heterocycles. The second-order valence-electron chi connectivity index (χ2n) is 4.97. The molecule has 1 aliphatic heterocycles. The summed E-state index contributed by atoms with van der Waals surface area (Å²) in [5.74, 6) is 0.967. The number of hydrogen-bond acceptors (Lipinski definition) is 4. The van der Waals surface area contributed by atoms with Crippen molar-refractivity contribution >= 4 is 5.82 Å². The highest BCUT2D eigenvalue weighted by atomic mass is 15.1. The average Bonchev–Trinajstić information content (AvgIpc) is 2.89. The lowest BCUT2D eigenvalue weighted by atomic mass is 10.2. The zero-order valence-electron chi connectivity index (χ0n) is 11.4. The molecule has 1 fully saturated rings. The Labute approximate surface area is 110 Å². The van der Waals surface area contributed by atoms with Gasteiger partial charge in [0.1, 0.15) is 12.1 Å². The van der Waals surface area contributed by atoms with Crippen molar-refractivity contribution in [2.45, 2.75) is 39.0 Å². The molecular formula is C14H24N4. The molecule has 0 aliphatic carbocycles. The lowest BCUT2D eigenvalue weighted by molar-refractivity contribution is 0.337. The molecule has 0 unspecified atom stereocenters. The Bertz CT molecular complexity index is 347. The van der Waals surface area contributed by atoms with Gasteiger partial charge in [-0.15, -0.1) is 0 Å². The standard InChI is InChI=1S/C14H24N4/c1-2-6-13-11-14(17-12-16-13)15-7-5-10-18-8-3-4-9-18/h11-12H,2-10H2,1H3,(H,15,16,17). The van der Waals surface area contributed by atoms with Gasteiger partial charge in [0.25, 0.3) is 0 Å². The van der Waals surface area contributed by atoms with E-state index in [1.54, 1.807) is 6.33 Å². The molecule has 1 aromatic heterocycles. The topological polar surface area (TPSA) is 41.0 Å². The van der Waals surface area contributed by atoms with Crippen LogP contribution in [0.2, 0.25) is 0 Å². The Kier molecular flexibility index (Phi) is 5.39. The first-order chi connectivity index (χ1) is 8.88. The van der Waals surface area contributed by atoms with Gasteiger partial charge in [0.15, 0.2) is 0 Å². The summed E-state index contributed by atoms with van der Waals surface area (Å²) >= 11 is 0. The molecule has 0 radical (unpaired) electrons. The molecule has 100 valence electrons. The normalized spacial score (nSPS) is 16.1. The lowest BCUT2D eigenvalue weighted by Crippen LogP contribution is -2.22. The summed E-state index contributed by atoms with van der Waals surface area (Å²) in [6, 6.07) is 2.07. The number of likely N-dealkylation sites (tertiary alicyclic amines) is 1. The van der Waals surface area contributed by atoms with Crippen LogP contribution in [0.1, 0.15) is 38.3 Å². The van der Waals surface area contributed by atoms with E-state index in [-0.39, 0.29) is 0 Å². The van der Waals surface area contributed by atoms with Crippen molar-refractivity contribution in [3.63, 3.8) is 0 Å². The molecular weight excluding hydrogens is 224 g/mol. The molecule has 2 rings (SSSR count). The third-order valence-corrected chi connectivity index (χ3v) is 3.39. The van der Waals surface area contributed by atoms with Crippen LogP contribution in [0.15, 0.2) is 12.4 Å². The van der Waals surface area contributed by atoms with Crippen molar-refractivity contribution in [1.82, 2.24) is 14.9 Å². The van der Waals surface area contributed by atoms with Gasteiger partial charge in [-0.1, -0.05) is 13.3 Å². The minimum Gasteiger partial charge on any atom is -0.370 e. The smallest absolute Gasteiger partial charge is 0.129 e. The number of aryl methyl sites for hydroxylation is 1. The summed E-state index contributed by atoms with van der Waals surface area (Å²) in [6.45, 7) is 6.95. The van der Waals surface area contributed by atoms with Gasteiger partial charge < -0.3 is 10.2 Å². The van der Waals surface area contributed by atoms with Gasteiger partial charge >= 0.3 is 0 Å². The maximum Gasteiger partial charge on any atom is 0.129 e. The van der Waals surface area contributed by atoms with Crippen LogP contribution in [0.5, 0.6) is 0 Å². The van der Waals surface area contributed by atoms with Crippen LogP contribution in [-0.4, -0.2) is 41.0 Å². The summed E-state index contributed by atoms with van der Waals surface area (Å²) < 4.78 is 0. The highest BCUT2D eigenvalue weighted by Crippen LogP contribution is 2.08. The van der Waals surface area contributed by atoms with Crippen molar-refractivity contribution in [2.75, 3.05) is 31.5 Å². The summed E-state index contributed by atoms with van der Waals surface area (Å²) in [6.07, 6.45) is 7.76. The van der Waals surface area contributed by atoms with Gasteiger partial charge in [-0.3, -0.25) is 0 Å². The predicted octanol–water partition coefficient (Wildman–Crippen LogP) is 2.33. The van der Waals surface area contributed by atoms with Crippen LogP contribution in [0.25, 0.3) is 0 Å². The first-order valence-electron chi connectivity index (χ1n) is 7.15. The molecule has 0 spiro atoms. The number of anilines is 1. The van der Waals surface area contributed by atoms with Gasteiger partial charge in [0.05, 0.1) is 0 Å². The first-order valence-corrected chi connectivity index (χ1v) is 7.15. The minimum atomic E-state index is 0.967. The van der Waals surface area contributed by atoms with Crippen LogP contribution < -0.4 is 5.32 Å². The van der Waals surface area contributed by atoms with Crippen molar-refractivity contribution in [2.24, 2.45) is 0 Å². The highest BCUT2D eigenvalue weighted by molar-refractivity contribution is 5.34. The number of nitrogens with one attached hydrogen (secondary N) is 1. The largest absolute Gasteiger partial charge is 0.370 e. The molecule has 18 heavy (non-hydrogen) atoms. The van der Waals surface area contributed by atoms with Crippen LogP contribution in [-0.2, 0) is 6.42 Å². The predicted molar refractivity (Wildman–Crippen MR) is 74.8 cm³/mol. The summed E-state index contributed by atoms with van der Waals surface area (Å²) in [5.41, 5.74) is 1.13. The molecule has 0 aromatic carbocycles. The Morgan fingerprint density at radius 3 is 2.89 bits per heavy atom. The van der Waals surface area contributed by atoms with Crippen LogP contribution in [0, 0.1) is 0 Å². The van der Waals surface area contributed by atoms with Crippen LogP contribution >= 0.6 is 0 Å². The van der Waals surface area contributed by atoms with Crippen molar-refractivity contribution in [1.29, 1.82) is 0 Å². The third-order valence-electron chi connectivity index (χ3n) is 3.39. The lowest BCUT2D eigenvalue weighted by Gasteiger charge is -2.14. The fraction of sp³-hybridized carbons (Fsp3) is 0.714. The fourth-order valence-electron chi connectivity index (χ4n) is 2.41. The number of hydrogen-bond donors (Lipinski definition) is 1. The second kappa shape index (κ2) is 7.31. The van der Waals surface area contributed by atoms with E-state index in [1.807, 2.05) is 0 Å². The van der Waals surface area contributed by atoms with E-state index in [0.29, 0.717) is 0 Å². The van der Waals surface area contributed by atoms with E-state index in [4.69, 9.17) is 0 Å². The van der Waals surface area contributed by atoms with Gasteiger partial charge in [-0.05, 0) is 45.3 Å². The van der Waals surface area contributed by atoms with Gasteiger partial charge in [-0.25, -0.2) is 9.97 Å². The van der Waals surface area contributed by atoms with E-state index in [2.05, 4.69) is 33.2 Å². The minimum absolute atomic E-state index is 0.967. The van der Waals surface area contributed by atoms with Gasteiger partial charge in [0, 0.05) is 18.3 Å². The second-order valence-corrected chi connectivity index (χ2v) is 4.97. The molecule has 0 saturated carbocycles. The van der Waals surface area contributed by atoms with Crippen LogP contribution in [0.3, 0.4) is 0 Å². The Balaban J connectivity index is 1.67. The van der Waals surface area contributed by atoms with E-state index >= 15 is 0 Å². The zero-order chi connectivity index (χ0) is 12.6. The molecule has 0 atom stereocenters. The number of aromatic nitrogens is 2. The molecule has 1 aliphatic rings. The number of rotatable bonds is 7.